The second-order valence-corrected chi connectivity index (χ2v) is 6.91. The molecule has 2 aliphatic carbocycles. The van der Waals surface area contributed by atoms with Crippen molar-refractivity contribution in [1.82, 2.24) is 15.1 Å². The summed E-state index contributed by atoms with van der Waals surface area (Å²) in [6.07, 6.45) is 9.55. The lowest BCUT2D eigenvalue weighted by Crippen LogP contribution is -2.55. The maximum absolute atomic E-state index is 11.8. The monoisotopic (exact) mass is 341 g/mol. The van der Waals surface area contributed by atoms with Crippen molar-refractivity contribution >= 4 is 21.9 Å². The number of aliphatic carboxylic acids is 1. The molecule has 2 aliphatic rings. The van der Waals surface area contributed by atoms with E-state index in [1.165, 1.54) is 0 Å². The summed E-state index contributed by atoms with van der Waals surface area (Å²) in [6, 6.07) is 0.422. The van der Waals surface area contributed by atoms with Crippen LogP contribution in [0.5, 0.6) is 0 Å². The Morgan fingerprint density at radius 2 is 2.35 bits per heavy atom. The molecule has 6 heteroatoms. The number of nitrogens with one attached hydrogen (secondary N) is 1. The van der Waals surface area contributed by atoms with E-state index >= 15 is 0 Å². The molecule has 3 rings (SSSR count). The zero-order valence-corrected chi connectivity index (χ0v) is 13.0. The smallest absolute Gasteiger partial charge is 0.324 e. The molecule has 2 fully saturated rings. The Morgan fingerprint density at radius 1 is 1.55 bits per heavy atom. The molecular formula is C14H20BrN3O2. The molecular weight excluding hydrogens is 322 g/mol. The van der Waals surface area contributed by atoms with Gasteiger partial charge in [0.15, 0.2) is 0 Å². The van der Waals surface area contributed by atoms with E-state index < -0.39 is 11.5 Å². The number of aromatic nitrogens is 2. The van der Waals surface area contributed by atoms with Crippen LogP contribution in [0.3, 0.4) is 0 Å². The number of rotatable bonds is 6. The van der Waals surface area contributed by atoms with Crippen LogP contribution in [0, 0.1) is 5.92 Å². The standard InChI is InChI=1S/C14H20BrN3O2/c15-11-8-16-18(9-11)7-5-10-2-1-6-14(10,13(19)20)17-12-3-4-12/h8-10,12,17H,1-7H2,(H,19,20). The minimum absolute atomic E-state index is 0.198. The fourth-order valence-electron chi connectivity index (χ4n) is 3.34. The molecule has 2 N–H and O–H groups in total. The summed E-state index contributed by atoms with van der Waals surface area (Å²) < 4.78 is 2.84. The van der Waals surface area contributed by atoms with Crippen LogP contribution in [0.2, 0.25) is 0 Å². The third-order valence-electron chi connectivity index (χ3n) is 4.55. The van der Waals surface area contributed by atoms with Crippen LogP contribution in [-0.4, -0.2) is 32.4 Å². The van der Waals surface area contributed by atoms with Crippen LogP contribution >= 0.6 is 15.9 Å². The third kappa shape index (κ3) is 2.76. The maximum Gasteiger partial charge on any atom is 0.324 e. The minimum Gasteiger partial charge on any atom is -0.480 e. The van der Waals surface area contributed by atoms with E-state index in [2.05, 4.69) is 26.3 Å². The molecule has 0 aliphatic heterocycles. The lowest BCUT2D eigenvalue weighted by atomic mass is 9.84. The summed E-state index contributed by atoms with van der Waals surface area (Å²) in [5, 5.41) is 17.4. The first-order valence-electron chi connectivity index (χ1n) is 7.29. The van der Waals surface area contributed by atoms with Crippen molar-refractivity contribution in [2.45, 2.75) is 56.7 Å². The molecule has 0 spiro atoms. The van der Waals surface area contributed by atoms with Gasteiger partial charge in [-0.25, -0.2) is 0 Å². The van der Waals surface area contributed by atoms with Gasteiger partial charge in [-0.3, -0.25) is 14.8 Å². The Labute approximate surface area is 126 Å². The minimum atomic E-state index is -0.703. The van der Waals surface area contributed by atoms with Crippen molar-refractivity contribution in [2.24, 2.45) is 5.92 Å². The predicted molar refractivity (Wildman–Crippen MR) is 78.4 cm³/mol. The molecule has 110 valence electrons. The van der Waals surface area contributed by atoms with Gasteiger partial charge >= 0.3 is 5.97 Å². The average Bonchev–Trinajstić information content (AvgIpc) is 2.95. The second-order valence-electron chi connectivity index (χ2n) is 5.99. The molecule has 2 unspecified atom stereocenters. The number of halogens is 1. The molecule has 2 atom stereocenters. The molecule has 0 radical (unpaired) electrons. The van der Waals surface area contributed by atoms with E-state index in [0.29, 0.717) is 6.04 Å². The SMILES string of the molecule is O=C(O)C1(NC2CC2)CCCC1CCn1cc(Br)cn1. The van der Waals surface area contributed by atoms with Gasteiger partial charge in [0, 0.05) is 18.8 Å². The Balaban J connectivity index is 1.67. The van der Waals surface area contributed by atoms with Crippen molar-refractivity contribution in [2.75, 3.05) is 0 Å². The predicted octanol–water partition coefficient (Wildman–Crippen LogP) is 2.41. The highest BCUT2D eigenvalue weighted by atomic mass is 79.9. The molecule has 1 aromatic heterocycles. The van der Waals surface area contributed by atoms with Crippen molar-refractivity contribution in [3.8, 4) is 0 Å². The van der Waals surface area contributed by atoms with Crippen LogP contribution in [0.15, 0.2) is 16.9 Å². The van der Waals surface area contributed by atoms with Crippen LogP contribution in [0.25, 0.3) is 0 Å². The Hall–Kier alpha value is -0.880. The van der Waals surface area contributed by atoms with Crippen LogP contribution < -0.4 is 5.32 Å². The van der Waals surface area contributed by atoms with E-state index in [9.17, 15) is 9.90 Å². The summed E-state index contributed by atoms with van der Waals surface area (Å²) in [7, 11) is 0. The van der Waals surface area contributed by atoms with Crippen molar-refractivity contribution in [1.29, 1.82) is 0 Å². The number of nitrogens with zero attached hydrogens (tertiary/aromatic N) is 2. The van der Waals surface area contributed by atoms with Crippen LogP contribution in [0.1, 0.15) is 38.5 Å². The Morgan fingerprint density at radius 3 is 2.95 bits per heavy atom. The van der Waals surface area contributed by atoms with Gasteiger partial charge in [-0.05, 0) is 54.0 Å². The lowest BCUT2D eigenvalue weighted by molar-refractivity contribution is -0.147. The van der Waals surface area contributed by atoms with Gasteiger partial charge in [-0.15, -0.1) is 0 Å². The molecule has 1 heterocycles. The normalized spacial score (nSPS) is 29.8. The highest BCUT2D eigenvalue weighted by Gasteiger charge is 2.51. The summed E-state index contributed by atoms with van der Waals surface area (Å²) in [4.78, 5) is 11.8. The molecule has 0 aromatic carbocycles. The summed E-state index contributed by atoms with van der Waals surface area (Å²) in [5.41, 5.74) is -0.703. The maximum atomic E-state index is 11.8. The number of carboxylic acid groups (broad SMARTS) is 1. The first-order chi connectivity index (χ1) is 9.60. The Bertz CT molecular complexity index is 500. The molecule has 20 heavy (non-hydrogen) atoms. The highest BCUT2D eigenvalue weighted by molar-refractivity contribution is 9.10. The van der Waals surface area contributed by atoms with Gasteiger partial charge < -0.3 is 5.11 Å². The van der Waals surface area contributed by atoms with Gasteiger partial charge in [-0.2, -0.15) is 5.10 Å². The number of aryl methyl sites for hydroxylation is 1. The second kappa shape index (κ2) is 5.48. The van der Waals surface area contributed by atoms with E-state index in [-0.39, 0.29) is 5.92 Å². The van der Waals surface area contributed by atoms with Crippen molar-refractivity contribution in [3.63, 3.8) is 0 Å². The molecule has 1 aromatic rings. The fourth-order valence-corrected chi connectivity index (χ4v) is 3.67. The summed E-state index contributed by atoms with van der Waals surface area (Å²) in [6.45, 7) is 0.775. The first-order valence-corrected chi connectivity index (χ1v) is 8.08. The van der Waals surface area contributed by atoms with Gasteiger partial charge in [0.25, 0.3) is 0 Å². The topological polar surface area (TPSA) is 67.2 Å². The van der Waals surface area contributed by atoms with Crippen molar-refractivity contribution in [3.05, 3.63) is 16.9 Å². The molecule has 5 nitrogen and oxygen atoms in total. The van der Waals surface area contributed by atoms with Gasteiger partial charge in [-0.1, -0.05) is 6.42 Å². The van der Waals surface area contributed by atoms with Gasteiger partial charge in [0.2, 0.25) is 0 Å². The van der Waals surface area contributed by atoms with Gasteiger partial charge in [0.05, 0.1) is 10.7 Å². The Kier molecular flexibility index (Phi) is 3.86. The van der Waals surface area contributed by atoms with E-state index in [1.54, 1.807) is 6.20 Å². The average molecular weight is 342 g/mol. The summed E-state index contributed by atoms with van der Waals surface area (Å²) >= 11 is 3.38. The van der Waals surface area contributed by atoms with Crippen molar-refractivity contribution < 1.29 is 9.90 Å². The number of carbonyl (C=O) groups is 1. The molecule has 0 bridgehead atoms. The van der Waals surface area contributed by atoms with Crippen LogP contribution in [0.4, 0.5) is 0 Å². The lowest BCUT2D eigenvalue weighted by Gasteiger charge is -2.32. The molecule has 0 amide bonds. The number of hydrogen-bond acceptors (Lipinski definition) is 3. The molecule has 2 saturated carbocycles. The van der Waals surface area contributed by atoms with Crippen LogP contribution in [-0.2, 0) is 11.3 Å². The molecule has 0 saturated heterocycles. The largest absolute Gasteiger partial charge is 0.480 e. The third-order valence-corrected chi connectivity index (χ3v) is 4.96. The zero-order chi connectivity index (χ0) is 14.2. The summed E-state index contributed by atoms with van der Waals surface area (Å²) in [5.74, 6) is -0.475. The van der Waals surface area contributed by atoms with E-state index in [4.69, 9.17) is 0 Å². The van der Waals surface area contributed by atoms with E-state index in [0.717, 1.165) is 49.5 Å². The number of hydrogen-bond donors (Lipinski definition) is 2. The van der Waals surface area contributed by atoms with E-state index in [1.807, 2.05) is 10.9 Å². The fraction of sp³-hybridized carbons (Fsp3) is 0.714. The quantitative estimate of drug-likeness (QED) is 0.833. The number of carboxylic acids is 1. The zero-order valence-electron chi connectivity index (χ0n) is 11.4. The van der Waals surface area contributed by atoms with Gasteiger partial charge in [0.1, 0.15) is 5.54 Å². The first kappa shape index (κ1) is 14.1. The highest BCUT2D eigenvalue weighted by Crippen LogP contribution is 2.41.